The van der Waals surface area contributed by atoms with Crippen LogP contribution in [0.2, 0.25) is 0 Å². The number of carbonyl (C=O) groups excluding carboxylic acids is 4. The van der Waals surface area contributed by atoms with Crippen molar-refractivity contribution in [3.8, 4) is 0 Å². The van der Waals surface area contributed by atoms with Crippen LogP contribution in [0.5, 0.6) is 0 Å². The van der Waals surface area contributed by atoms with Crippen molar-refractivity contribution in [3.63, 3.8) is 0 Å². The van der Waals surface area contributed by atoms with Gasteiger partial charge in [-0.3, -0.25) is 37.3 Å². The summed E-state index contributed by atoms with van der Waals surface area (Å²) in [7, 11) is -9.90. The smallest absolute Gasteiger partial charge is 0.462 e. The fraction of sp³-hybridized carbons (Fsp3) is 0.941. The summed E-state index contributed by atoms with van der Waals surface area (Å²) in [5.41, 5.74) is 0. The predicted octanol–water partition coefficient (Wildman–Crippen LogP) is 18.9. The van der Waals surface area contributed by atoms with Crippen LogP contribution in [0.25, 0.3) is 0 Å². The highest BCUT2D eigenvalue weighted by molar-refractivity contribution is 7.47. The van der Waals surface area contributed by atoms with Crippen molar-refractivity contribution in [2.24, 2.45) is 23.7 Å². The van der Waals surface area contributed by atoms with E-state index >= 15 is 0 Å². The van der Waals surface area contributed by atoms with Crippen LogP contribution in [0.4, 0.5) is 0 Å². The largest absolute Gasteiger partial charge is 0.472 e. The second kappa shape index (κ2) is 57.9. The maximum absolute atomic E-state index is 13.0. The molecule has 0 heterocycles. The van der Waals surface area contributed by atoms with Crippen LogP contribution in [-0.4, -0.2) is 96.7 Å². The standard InChI is InChI=1S/C68H132O17P2/c1-9-61(8)47-39-31-23-14-10-11-15-25-34-42-50-67(72)84-64(55-79-66(71)49-41-33-27-19-22-30-38-46-60(6)7)57-83-87(76,77)81-53-62(69)52-80-86(74,75)82-56-63(54-78-65(70)48-40-32-24-18-17-21-29-37-45-59(4)5)85-68(73)51-43-35-26-16-12-13-20-28-36-44-58(2)3/h58-64,69H,9-57H2,1-8H3,(H,74,75)(H,76,77)/t61?,62?,63-,64-/m1/s1. The molecule has 17 nitrogen and oxygen atoms in total. The SMILES string of the molecule is CCC(C)CCCCCCCCCCCCC(=O)O[C@H](COC(=O)CCCCCCCCCC(C)C)COP(=O)(O)OCC(O)COP(=O)(O)OC[C@@H](COC(=O)CCCCCCCCCCC(C)C)OC(=O)CCCCCCCCCCCC(C)C. The van der Waals surface area contributed by atoms with Crippen molar-refractivity contribution in [1.29, 1.82) is 0 Å². The number of phosphoric acid groups is 2. The van der Waals surface area contributed by atoms with Crippen LogP contribution in [0.1, 0.15) is 331 Å². The van der Waals surface area contributed by atoms with Gasteiger partial charge in [-0.1, -0.05) is 280 Å². The first-order valence-corrected chi connectivity index (χ1v) is 38.2. The van der Waals surface area contributed by atoms with Crippen molar-refractivity contribution in [1.82, 2.24) is 0 Å². The van der Waals surface area contributed by atoms with E-state index in [-0.39, 0.29) is 25.7 Å². The van der Waals surface area contributed by atoms with Crippen molar-refractivity contribution < 1.29 is 80.2 Å². The van der Waals surface area contributed by atoms with E-state index in [1.54, 1.807) is 0 Å². The zero-order valence-corrected chi connectivity index (χ0v) is 58.4. The second-order valence-corrected chi connectivity index (χ2v) is 29.1. The summed E-state index contributed by atoms with van der Waals surface area (Å²) in [4.78, 5) is 72.4. The molecule has 0 amide bonds. The molecule has 0 spiro atoms. The summed E-state index contributed by atoms with van der Waals surface area (Å²) in [5, 5.41) is 10.6. The molecule has 87 heavy (non-hydrogen) atoms. The summed E-state index contributed by atoms with van der Waals surface area (Å²) >= 11 is 0. The Hall–Kier alpha value is -1.94. The molecular weight excluding hydrogens is 1150 g/mol. The van der Waals surface area contributed by atoms with E-state index in [1.165, 1.54) is 128 Å². The second-order valence-electron chi connectivity index (χ2n) is 26.2. The van der Waals surface area contributed by atoms with Crippen LogP contribution < -0.4 is 0 Å². The van der Waals surface area contributed by atoms with E-state index in [0.717, 1.165) is 114 Å². The molecule has 0 aromatic rings. The molecule has 0 saturated heterocycles. The zero-order chi connectivity index (χ0) is 64.7. The Morgan fingerprint density at radius 3 is 0.816 bits per heavy atom. The number of rotatable bonds is 65. The minimum Gasteiger partial charge on any atom is -0.462 e. The summed E-state index contributed by atoms with van der Waals surface area (Å²) < 4.78 is 68.2. The summed E-state index contributed by atoms with van der Waals surface area (Å²) in [6.07, 6.45) is 39.0. The van der Waals surface area contributed by atoms with E-state index in [1.807, 2.05) is 0 Å². The van der Waals surface area contributed by atoms with Gasteiger partial charge in [0.2, 0.25) is 0 Å². The van der Waals surface area contributed by atoms with Gasteiger partial charge >= 0.3 is 39.5 Å². The molecule has 516 valence electrons. The molecule has 0 aliphatic carbocycles. The average Bonchev–Trinajstić information content (AvgIpc) is 3.68. The molecule has 0 fully saturated rings. The molecule has 19 heteroatoms. The molecule has 4 unspecified atom stereocenters. The van der Waals surface area contributed by atoms with E-state index in [2.05, 4.69) is 55.4 Å². The molecule has 0 aliphatic rings. The van der Waals surface area contributed by atoms with Gasteiger partial charge in [0, 0.05) is 25.7 Å². The lowest BCUT2D eigenvalue weighted by Crippen LogP contribution is -2.30. The first-order chi connectivity index (χ1) is 41.6. The first kappa shape index (κ1) is 85.1. The summed E-state index contributed by atoms with van der Waals surface area (Å²) in [5.74, 6) is 0.837. The topological polar surface area (TPSA) is 237 Å². The highest BCUT2D eigenvalue weighted by atomic mass is 31.2. The lowest BCUT2D eigenvalue weighted by molar-refractivity contribution is -0.161. The Labute approximate surface area is 530 Å². The number of esters is 4. The third kappa shape index (κ3) is 61.3. The fourth-order valence-electron chi connectivity index (χ4n) is 10.1. The summed E-state index contributed by atoms with van der Waals surface area (Å²) in [6.45, 7) is 14.0. The van der Waals surface area contributed by atoms with Gasteiger partial charge in [-0.2, -0.15) is 0 Å². The van der Waals surface area contributed by atoms with Crippen molar-refractivity contribution >= 4 is 39.5 Å². The predicted molar refractivity (Wildman–Crippen MR) is 349 cm³/mol. The molecule has 0 radical (unpaired) electrons. The molecule has 0 aromatic carbocycles. The fourth-order valence-corrected chi connectivity index (χ4v) is 11.7. The van der Waals surface area contributed by atoms with Crippen molar-refractivity contribution in [2.45, 2.75) is 350 Å². The number of unbranched alkanes of at least 4 members (excludes halogenated alkanes) is 30. The van der Waals surface area contributed by atoms with Gasteiger partial charge in [-0.15, -0.1) is 0 Å². The quantitative estimate of drug-likeness (QED) is 0.0222. The number of phosphoric ester groups is 2. The number of hydrogen-bond donors (Lipinski definition) is 3. The van der Waals surface area contributed by atoms with Gasteiger partial charge in [-0.25, -0.2) is 9.13 Å². The van der Waals surface area contributed by atoms with Gasteiger partial charge in [0.25, 0.3) is 0 Å². The van der Waals surface area contributed by atoms with E-state index < -0.39 is 97.5 Å². The van der Waals surface area contributed by atoms with Crippen LogP contribution in [0.15, 0.2) is 0 Å². The van der Waals surface area contributed by atoms with Gasteiger partial charge < -0.3 is 33.8 Å². The van der Waals surface area contributed by atoms with Gasteiger partial charge in [0.1, 0.15) is 19.3 Å². The third-order valence-corrected chi connectivity index (χ3v) is 17.8. The lowest BCUT2D eigenvalue weighted by atomic mass is 9.99. The van der Waals surface area contributed by atoms with E-state index in [9.17, 15) is 43.2 Å². The first-order valence-electron chi connectivity index (χ1n) is 35.2. The lowest BCUT2D eigenvalue weighted by Gasteiger charge is -2.21. The Kier molecular flexibility index (Phi) is 56.6. The van der Waals surface area contributed by atoms with Gasteiger partial charge in [0.05, 0.1) is 26.4 Å². The Balaban J connectivity index is 5.26. The molecular formula is C68H132O17P2. The van der Waals surface area contributed by atoms with E-state index in [4.69, 9.17) is 37.0 Å². The molecule has 0 bridgehead atoms. The van der Waals surface area contributed by atoms with Gasteiger partial charge in [-0.05, 0) is 49.4 Å². The highest BCUT2D eigenvalue weighted by Crippen LogP contribution is 2.45. The molecule has 6 atom stereocenters. The molecule has 0 saturated carbocycles. The number of aliphatic hydroxyl groups is 1. The summed E-state index contributed by atoms with van der Waals surface area (Å²) in [6, 6.07) is 0. The van der Waals surface area contributed by atoms with Crippen LogP contribution in [0, 0.1) is 23.7 Å². The maximum Gasteiger partial charge on any atom is 0.472 e. The van der Waals surface area contributed by atoms with Crippen molar-refractivity contribution in [3.05, 3.63) is 0 Å². The molecule has 0 aromatic heterocycles. The minimum absolute atomic E-state index is 0.104. The number of hydrogen-bond acceptors (Lipinski definition) is 15. The van der Waals surface area contributed by atoms with Crippen LogP contribution >= 0.6 is 15.6 Å². The molecule has 0 rings (SSSR count). The van der Waals surface area contributed by atoms with Crippen LogP contribution in [0.3, 0.4) is 0 Å². The van der Waals surface area contributed by atoms with Crippen LogP contribution in [-0.2, 0) is 65.4 Å². The van der Waals surface area contributed by atoms with E-state index in [0.29, 0.717) is 31.6 Å². The number of carbonyl (C=O) groups is 4. The minimum atomic E-state index is -4.95. The average molecular weight is 1280 g/mol. The Morgan fingerprint density at radius 1 is 0.322 bits per heavy atom. The molecule has 3 N–H and O–H groups in total. The molecule has 0 aliphatic heterocycles. The Bertz CT molecular complexity index is 1730. The maximum atomic E-state index is 13.0. The zero-order valence-electron chi connectivity index (χ0n) is 56.6. The van der Waals surface area contributed by atoms with Gasteiger partial charge in [0.15, 0.2) is 12.2 Å². The monoisotopic (exact) mass is 1280 g/mol. The Morgan fingerprint density at radius 2 is 0.552 bits per heavy atom. The normalized spacial score (nSPS) is 14.6. The third-order valence-electron chi connectivity index (χ3n) is 15.9. The number of aliphatic hydroxyl groups excluding tert-OH is 1. The van der Waals surface area contributed by atoms with Crippen molar-refractivity contribution in [2.75, 3.05) is 39.6 Å². The highest BCUT2D eigenvalue weighted by Gasteiger charge is 2.30. The number of ether oxygens (including phenoxy) is 4.